The summed E-state index contributed by atoms with van der Waals surface area (Å²) in [5.41, 5.74) is 3.43. The number of nitrogens with zero attached hydrogens (tertiary/aromatic N) is 4. The van der Waals surface area contributed by atoms with Crippen molar-refractivity contribution in [3.63, 3.8) is 0 Å². The summed E-state index contributed by atoms with van der Waals surface area (Å²) in [4.78, 5) is 0. The minimum absolute atomic E-state index is 0.117. The zero-order valence-corrected chi connectivity index (χ0v) is 12.9. The molecule has 2 rings (SSSR count). The van der Waals surface area contributed by atoms with Gasteiger partial charge < -0.3 is 5.32 Å². The van der Waals surface area contributed by atoms with E-state index in [1.807, 2.05) is 4.68 Å². The van der Waals surface area contributed by atoms with Gasteiger partial charge in [-0.15, -0.1) is 5.10 Å². The molecule has 0 amide bonds. The van der Waals surface area contributed by atoms with Gasteiger partial charge in [0, 0.05) is 0 Å². The fraction of sp³-hybridized carbons (Fsp3) is 0.533. The second kappa shape index (κ2) is 6.13. The number of tetrazole rings is 1. The van der Waals surface area contributed by atoms with Gasteiger partial charge in [-0.05, 0) is 54.8 Å². The molecule has 2 aromatic rings. The first-order valence-corrected chi connectivity index (χ1v) is 7.09. The summed E-state index contributed by atoms with van der Waals surface area (Å²) in [7, 11) is 0. The Balaban J connectivity index is 2.33. The molecule has 1 aromatic heterocycles. The smallest absolute Gasteiger partial charge is 0.173 e. The van der Waals surface area contributed by atoms with Gasteiger partial charge >= 0.3 is 0 Å². The van der Waals surface area contributed by atoms with Crippen molar-refractivity contribution in [2.24, 2.45) is 5.92 Å². The lowest BCUT2D eigenvalue weighted by Gasteiger charge is -2.17. The molecule has 108 valence electrons. The highest BCUT2D eigenvalue weighted by Crippen LogP contribution is 2.21. The third kappa shape index (κ3) is 3.04. The third-order valence-electron chi connectivity index (χ3n) is 3.36. The highest BCUT2D eigenvalue weighted by Gasteiger charge is 2.17. The predicted octanol–water partition coefficient (Wildman–Crippen LogP) is 2.59. The summed E-state index contributed by atoms with van der Waals surface area (Å²) in [6.07, 6.45) is 0. The Kier molecular flexibility index (Phi) is 4.49. The van der Waals surface area contributed by atoms with Gasteiger partial charge in [0.2, 0.25) is 0 Å². The van der Waals surface area contributed by atoms with E-state index in [1.54, 1.807) is 0 Å². The summed E-state index contributed by atoms with van der Waals surface area (Å²) in [6.45, 7) is 11.6. The van der Waals surface area contributed by atoms with E-state index in [0.29, 0.717) is 5.92 Å². The Morgan fingerprint density at radius 2 is 1.80 bits per heavy atom. The summed E-state index contributed by atoms with van der Waals surface area (Å²) < 4.78 is 1.85. The van der Waals surface area contributed by atoms with Gasteiger partial charge in [0.1, 0.15) is 0 Å². The molecule has 5 nitrogen and oxygen atoms in total. The molecule has 0 fully saturated rings. The van der Waals surface area contributed by atoms with Gasteiger partial charge in [0.05, 0.1) is 11.7 Å². The first-order chi connectivity index (χ1) is 9.50. The number of hydrogen-bond acceptors (Lipinski definition) is 4. The molecule has 1 aromatic carbocycles. The SMILES string of the molecule is Cc1cccc(C)c1-n1nnnc1C(C)NCC(C)C. The maximum Gasteiger partial charge on any atom is 0.173 e. The highest BCUT2D eigenvalue weighted by molar-refractivity contribution is 5.46. The second-order valence-electron chi connectivity index (χ2n) is 5.71. The summed E-state index contributed by atoms with van der Waals surface area (Å²) >= 11 is 0. The predicted molar refractivity (Wildman–Crippen MR) is 79.9 cm³/mol. The Bertz CT molecular complexity index is 553. The summed E-state index contributed by atoms with van der Waals surface area (Å²) in [6, 6.07) is 6.34. The van der Waals surface area contributed by atoms with Crippen LogP contribution in [0.15, 0.2) is 18.2 Å². The Hall–Kier alpha value is -1.75. The van der Waals surface area contributed by atoms with E-state index in [4.69, 9.17) is 0 Å². The third-order valence-corrected chi connectivity index (χ3v) is 3.36. The van der Waals surface area contributed by atoms with Crippen LogP contribution >= 0.6 is 0 Å². The Morgan fingerprint density at radius 3 is 2.40 bits per heavy atom. The number of aromatic nitrogens is 4. The van der Waals surface area contributed by atoms with Gasteiger partial charge in [-0.2, -0.15) is 4.68 Å². The van der Waals surface area contributed by atoms with E-state index in [2.05, 4.69) is 73.7 Å². The van der Waals surface area contributed by atoms with Gasteiger partial charge in [-0.25, -0.2) is 0 Å². The molecule has 0 saturated heterocycles. The minimum atomic E-state index is 0.117. The van der Waals surface area contributed by atoms with Crippen LogP contribution in [0.5, 0.6) is 0 Å². The molecule has 1 unspecified atom stereocenters. The van der Waals surface area contributed by atoms with Gasteiger partial charge in [-0.1, -0.05) is 32.0 Å². The molecule has 1 heterocycles. The van der Waals surface area contributed by atoms with Crippen molar-refractivity contribution >= 4 is 0 Å². The molecule has 0 aliphatic carbocycles. The van der Waals surface area contributed by atoms with E-state index in [9.17, 15) is 0 Å². The van der Waals surface area contributed by atoms with Crippen molar-refractivity contribution in [2.45, 2.75) is 40.7 Å². The molecule has 1 atom stereocenters. The first-order valence-electron chi connectivity index (χ1n) is 7.09. The molecule has 0 saturated carbocycles. The van der Waals surface area contributed by atoms with Gasteiger partial charge in [0.15, 0.2) is 5.82 Å². The standard InChI is InChI=1S/C15H23N5/c1-10(2)9-16-13(5)15-17-18-19-20(15)14-11(3)7-6-8-12(14)4/h6-8,10,13,16H,9H2,1-5H3. The summed E-state index contributed by atoms with van der Waals surface area (Å²) in [5, 5.41) is 15.7. The largest absolute Gasteiger partial charge is 0.307 e. The fourth-order valence-electron chi connectivity index (χ4n) is 2.27. The molecule has 0 spiro atoms. The molecule has 5 heteroatoms. The quantitative estimate of drug-likeness (QED) is 0.909. The Labute approximate surface area is 120 Å². The normalized spacial score (nSPS) is 12.9. The van der Waals surface area contributed by atoms with Crippen molar-refractivity contribution < 1.29 is 0 Å². The molecule has 0 aliphatic rings. The zero-order valence-electron chi connectivity index (χ0n) is 12.9. The van der Waals surface area contributed by atoms with Crippen LogP contribution in [0.25, 0.3) is 5.69 Å². The molecule has 0 radical (unpaired) electrons. The molecular formula is C15H23N5. The lowest BCUT2D eigenvalue weighted by molar-refractivity contribution is 0.474. The minimum Gasteiger partial charge on any atom is -0.307 e. The van der Waals surface area contributed by atoms with E-state index < -0.39 is 0 Å². The number of para-hydroxylation sites is 1. The zero-order chi connectivity index (χ0) is 14.7. The van der Waals surface area contributed by atoms with Crippen LogP contribution in [-0.2, 0) is 0 Å². The van der Waals surface area contributed by atoms with Gasteiger partial charge in [0.25, 0.3) is 0 Å². The topological polar surface area (TPSA) is 55.6 Å². The van der Waals surface area contributed by atoms with Crippen LogP contribution in [0.4, 0.5) is 0 Å². The van der Waals surface area contributed by atoms with Crippen molar-refractivity contribution in [3.8, 4) is 5.69 Å². The van der Waals surface area contributed by atoms with E-state index in [0.717, 1.165) is 18.1 Å². The number of rotatable bonds is 5. The Morgan fingerprint density at radius 1 is 1.15 bits per heavy atom. The molecule has 0 bridgehead atoms. The second-order valence-corrected chi connectivity index (χ2v) is 5.71. The monoisotopic (exact) mass is 273 g/mol. The maximum atomic E-state index is 4.19. The van der Waals surface area contributed by atoms with Crippen LogP contribution in [0.3, 0.4) is 0 Å². The molecule has 1 N–H and O–H groups in total. The van der Waals surface area contributed by atoms with E-state index in [1.165, 1.54) is 11.1 Å². The fourth-order valence-corrected chi connectivity index (χ4v) is 2.27. The number of aryl methyl sites for hydroxylation is 2. The number of nitrogens with one attached hydrogen (secondary N) is 1. The lowest BCUT2D eigenvalue weighted by Crippen LogP contribution is -2.26. The number of hydrogen-bond donors (Lipinski definition) is 1. The number of benzene rings is 1. The average molecular weight is 273 g/mol. The van der Waals surface area contributed by atoms with Crippen molar-refractivity contribution in [1.29, 1.82) is 0 Å². The summed E-state index contributed by atoms with van der Waals surface area (Å²) in [5.74, 6) is 1.45. The van der Waals surface area contributed by atoms with Crippen LogP contribution in [0.2, 0.25) is 0 Å². The highest BCUT2D eigenvalue weighted by atomic mass is 15.5. The van der Waals surface area contributed by atoms with E-state index in [-0.39, 0.29) is 6.04 Å². The van der Waals surface area contributed by atoms with Crippen molar-refractivity contribution in [3.05, 3.63) is 35.2 Å². The molecule has 20 heavy (non-hydrogen) atoms. The van der Waals surface area contributed by atoms with Crippen LogP contribution < -0.4 is 5.32 Å². The average Bonchev–Trinajstić information content (AvgIpc) is 2.85. The van der Waals surface area contributed by atoms with Crippen molar-refractivity contribution in [1.82, 2.24) is 25.5 Å². The van der Waals surface area contributed by atoms with Crippen LogP contribution in [0.1, 0.15) is 43.8 Å². The van der Waals surface area contributed by atoms with Crippen LogP contribution in [-0.4, -0.2) is 26.8 Å². The maximum absolute atomic E-state index is 4.19. The van der Waals surface area contributed by atoms with Gasteiger partial charge in [-0.3, -0.25) is 0 Å². The first kappa shape index (κ1) is 14.7. The van der Waals surface area contributed by atoms with Crippen LogP contribution in [0, 0.1) is 19.8 Å². The molecule has 0 aliphatic heterocycles. The lowest BCUT2D eigenvalue weighted by atomic mass is 10.1. The van der Waals surface area contributed by atoms with Crippen molar-refractivity contribution in [2.75, 3.05) is 6.54 Å². The molecular weight excluding hydrogens is 250 g/mol. The van der Waals surface area contributed by atoms with E-state index >= 15 is 0 Å².